The molecule has 88 valence electrons. The Morgan fingerprint density at radius 3 is 2.33 bits per heavy atom. The molecule has 1 aliphatic carbocycles. The molecule has 0 aromatic rings. The highest BCUT2D eigenvalue weighted by molar-refractivity contribution is 5.85. The molecule has 15 heavy (non-hydrogen) atoms. The molecule has 0 amide bonds. The lowest BCUT2D eigenvalue weighted by atomic mass is 9.75. The SMILES string of the molecule is CCCC1CCC(OCC)(C(C)=O)CC1. The van der Waals surface area contributed by atoms with Gasteiger partial charge in [0.05, 0.1) is 0 Å². The van der Waals surface area contributed by atoms with Crippen molar-refractivity contribution in [3.8, 4) is 0 Å². The number of hydrogen-bond donors (Lipinski definition) is 0. The van der Waals surface area contributed by atoms with Crippen LogP contribution in [-0.4, -0.2) is 18.0 Å². The van der Waals surface area contributed by atoms with Gasteiger partial charge in [-0.1, -0.05) is 19.8 Å². The Morgan fingerprint density at radius 1 is 1.33 bits per heavy atom. The van der Waals surface area contributed by atoms with Gasteiger partial charge in [0, 0.05) is 6.61 Å². The molecule has 1 saturated carbocycles. The van der Waals surface area contributed by atoms with Crippen molar-refractivity contribution in [1.82, 2.24) is 0 Å². The molecule has 0 spiro atoms. The number of ketones is 1. The maximum atomic E-state index is 11.7. The third kappa shape index (κ3) is 3.04. The van der Waals surface area contributed by atoms with E-state index >= 15 is 0 Å². The van der Waals surface area contributed by atoms with Crippen LogP contribution in [0, 0.1) is 5.92 Å². The van der Waals surface area contributed by atoms with Crippen molar-refractivity contribution in [2.75, 3.05) is 6.61 Å². The van der Waals surface area contributed by atoms with Crippen LogP contribution in [0.5, 0.6) is 0 Å². The largest absolute Gasteiger partial charge is 0.368 e. The van der Waals surface area contributed by atoms with Crippen molar-refractivity contribution < 1.29 is 9.53 Å². The standard InChI is InChI=1S/C13H24O2/c1-4-6-12-7-9-13(10-8-12,11(3)14)15-5-2/h12H,4-10H2,1-3H3. The summed E-state index contributed by atoms with van der Waals surface area (Å²) < 4.78 is 5.71. The molecule has 2 nitrogen and oxygen atoms in total. The lowest BCUT2D eigenvalue weighted by Crippen LogP contribution is -2.43. The summed E-state index contributed by atoms with van der Waals surface area (Å²) in [7, 11) is 0. The van der Waals surface area contributed by atoms with E-state index in [0.717, 1.165) is 31.6 Å². The number of Topliss-reactive ketones (excluding diaryl/α,β-unsaturated/α-hetero) is 1. The van der Waals surface area contributed by atoms with E-state index in [-0.39, 0.29) is 5.78 Å². The first-order chi connectivity index (χ1) is 7.14. The molecule has 0 atom stereocenters. The molecule has 2 heteroatoms. The van der Waals surface area contributed by atoms with Crippen LogP contribution in [0.1, 0.15) is 59.3 Å². The van der Waals surface area contributed by atoms with Gasteiger partial charge in [0.15, 0.2) is 5.78 Å². The molecular formula is C13H24O2. The van der Waals surface area contributed by atoms with Crippen molar-refractivity contribution in [1.29, 1.82) is 0 Å². The minimum absolute atomic E-state index is 0.222. The van der Waals surface area contributed by atoms with E-state index in [1.165, 1.54) is 12.8 Å². The summed E-state index contributed by atoms with van der Waals surface area (Å²) in [6.07, 6.45) is 6.75. The number of ether oxygens (including phenoxy) is 1. The molecule has 0 bridgehead atoms. The average Bonchev–Trinajstić information content (AvgIpc) is 2.21. The first-order valence-electron chi connectivity index (χ1n) is 6.29. The Kier molecular flexibility index (Phi) is 4.78. The van der Waals surface area contributed by atoms with Crippen LogP contribution >= 0.6 is 0 Å². The molecule has 0 aliphatic heterocycles. The molecule has 0 N–H and O–H groups in total. The zero-order valence-corrected chi connectivity index (χ0v) is 10.3. The van der Waals surface area contributed by atoms with Gasteiger partial charge in [-0.2, -0.15) is 0 Å². The molecule has 0 unspecified atom stereocenters. The van der Waals surface area contributed by atoms with Crippen LogP contribution in [0.3, 0.4) is 0 Å². The van der Waals surface area contributed by atoms with E-state index in [4.69, 9.17) is 4.74 Å². The Morgan fingerprint density at radius 2 is 1.93 bits per heavy atom. The molecule has 0 radical (unpaired) electrons. The number of carbonyl (C=O) groups is 1. The maximum absolute atomic E-state index is 11.7. The molecule has 0 heterocycles. The average molecular weight is 212 g/mol. The summed E-state index contributed by atoms with van der Waals surface area (Å²) in [6.45, 7) is 6.53. The first-order valence-corrected chi connectivity index (χ1v) is 6.29. The van der Waals surface area contributed by atoms with Gasteiger partial charge in [0.1, 0.15) is 5.60 Å². The summed E-state index contributed by atoms with van der Waals surface area (Å²) in [5, 5.41) is 0. The minimum atomic E-state index is -0.432. The highest BCUT2D eigenvalue weighted by Crippen LogP contribution is 2.37. The third-order valence-corrected chi connectivity index (χ3v) is 3.67. The van der Waals surface area contributed by atoms with Crippen molar-refractivity contribution in [3.05, 3.63) is 0 Å². The monoisotopic (exact) mass is 212 g/mol. The molecule has 0 aromatic heterocycles. The fourth-order valence-corrected chi connectivity index (χ4v) is 2.72. The predicted molar refractivity (Wildman–Crippen MR) is 61.9 cm³/mol. The van der Waals surface area contributed by atoms with E-state index in [2.05, 4.69) is 6.92 Å². The van der Waals surface area contributed by atoms with Gasteiger partial charge in [-0.15, -0.1) is 0 Å². The van der Waals surface area contributed by atoms with Crippen LogP contribution in [0.2, 0.25) is 0 Å². The molecular weight excluding hydrogens is 188 g/mol. The van der Waals surface area contributed by atoms with Crippen LogP contribution in [-0.2, 0) is 9.53 Å². The molecule has 1 rings (SSSR count). The molecule has 1 fully saturated rings. The zero-order chi connectivity index (χ0) is 11.3. The lowest BCUT2D eigenvalue weighted by Gasteiger charge is -2.38. The molecule has 1 aliphatic rings. The van der Waals surface area contributed by atoms with Crippen molar-refractivity contribution in [2.24, 2.45) is 5.92 Å². The second-order valence-electron chi connectivity index (χ2n) is 4.72. The van der Waals surface area contributed by atoms with Crippen LogP contribution in [0.4, 0.5) is 0 Å². The quantitative estimate of drug-likeness (QED) is 0.698. The first kappa shape index (κ1) is 12.7. The summed E-state index contributed by atoms with van der Waals surface area (Å²) in [5.74, 6) is 1.04. The normalized spacial score (nSPS) is 31.5. The summed E-state index contributed by atoms with van der Waals surface area (Å²) in [4.78, 5) is 11.7. The predicted octanol–water partition coefficient (Wildman–Crippen LogP) is 3.34. The molecule has 0 saturated heterocycles. The zero-order valence-electron chi connectivity index (χ0n) is 10.3. The third-order valence-electron chi connectivity index (χ3n) is 3.67. The second kappa shape index (κ2) is 5.64. The smallest absolute Gasteiger partial charge is 0.161 e. The van der Waals surface area contributed by atoms with Crippen molar-refractivity contribution >= 4 is 5.78 Å². The Balaban J connectivity index is 2.53. The highest BCUT2D eigenvalue weighted by atomic mass is 16.5. The fraction of sp³-hybridized carbons (Fsp3) is 0.923. The highest BCUT2D eigenvalue weighted by Gasteiger charge is 2.39. The number of rotatable bonds is 5. The number of hydrogen-bond acceptors (Lipinski definition) is 2. The van der Waals surface area contributed by atoms with E-state index in [9.17, 15) is 4.79 Å². The van der Waals surface area contributed by atoms with Gasteiger partial charge in [0.25, 0.3) is 0 Å². The fourth-order valence-electron chi connectivity index (χ4n) is 2.72. The topological polar surface area (TPSA) is 26.3 Å². The van der Waals surface area contributed by atoms with Crippen molar-refractivity contribution in [2.45, 2.75) is 64.9 Å². The second-order valence-corrected chi connectivity index (χ2v) is 4.72. The van der Waals surface area contributed by atoms with Gasteiger partial charge in [0.2, 0.25) is 0 Å². The van der Waals surface area contributed by atoms with E-state index < -0.39 is 5.60 Å². The van der Waals surface area contributed by atoms with E-state index in [1.54, 1.807) is 6.92 Å². The Bertz CT molecular complexity index is 203. The van der Waals surface area contributed by atoms with Gasteiger partial charge >= 0.3 is 0 Å². The summed E-state index contributed by atoms with van der Waals surface area (Å²) in [6, 6.07) is 0. The maximum Gasteiger partial charge on any atom is 0.161 e. The van der Waals surface area contributed by atoms with E-state index in [0.29, 0.717) is 6.61 Å². The van der Waals surface area contributed by atoms with Gasteiger partial charge < -0.3 is 4.74 Å². The summed E-state index contributed by atoms with van der Waals surface area (Å²) in [5.41, 5.74) is -0.432. The minimum Gasteiger partial charge on any atom is -0.368 e. The van der Waals surface area contributed by atoms with Crippen LogP contribution in [0.25, 0.3) is 0 Å². The van der Waals surface area contributed by atoms with Crippen molar-refractivity contribution in [3.63, 3.8) is 0 Å². The Hall–Kier alpha value is -0.370. The van der Waals surface area contributed by atoms with Crippen LogP contribution < -0.4 is 0 Å². The Labute approximate surface area is 93.4 Å². The van der Waals surface area contributed by atoms with E-state index in [1.807, 2.05) is 6.92 Å². The van der Waals surface area contributed by atoms with Gasteiger partial charge in [-0.05, 0) is 45.4 Å². The summed E-state index contributed by atoms with van der Waals surface area (Å²) >= 11 is 0. The van der Waals surface area contributed by atoms with Gasteiger partial charge in [-0.25, -0.2) is 0 Å². The van der Waals surface area contributed by atoms with Gasteiger partial charge in [-0.3, -0.25) is 4.79 Å². The number of carbonyl (C=O) groups excluding carboxylic acids is 1. The van der Waals surface area contributed by atoms with Crippen LogP contribution in [0.15, 0.2) is 0 Å². The lowest BCUT2D eigenvalue weighted by molar-refractivity contribution is -0.148. The molecule has 0 aromatic carbocycles.